The van der Waals surface area contributed by atoms with Crippen LogP contribution in [0.2, 0.25) is 0 Å². The number of rotatable bonds is 5. The predicted molar refractivity (Wildman–Crippen MR) is 77.1 cm³/mol. The van der Waals surface area contributed by atoms with E-state index < -0.39 is 0 Å². The molecule has 0 aliphatic carbocycles. The number of para-hydroxylation sites is 1. The van der Waals surface area contributed by atoms with Crippen LogP contribution in [0.4, 0.5) is 0 Å². The van der Waals surface area contributed by atoms with Gasteiger partial charge in [-0.15, -0.1) is 10.2 Å². The zero-order valence-electron chi connectivity index (χ0n) is 10.7. The number of hydrogen-bond acceptors (Lipinski definition) is 5. The topological polar surface area (TPSA) is 51.0 Å². The Labute approximate surface area is 115 Å². The first kappa shape index (κ1) is 12.3. The van der Waals surface area contributed by atoms with Crippen molar-refractivity contribution in [3.63, 3.8) is 0 Å². The van der Waals surface area contributed by atoms with Crippen LogP contribution >= 0.6 is 11.3 Å². The summed E-state index contributed by atoms with van der Waals surface area (Å²) in [4.78, 5) is 0. The molecule has 3 rings (SSSR count). The van der Waals surface area contributed by atoms with Crippen molar-refractivity contribution in [2.24, 2.45) is 0 Å². The molecular weight excluding hydrogens is 258 g/mol. The molecule has 0 unspecified atom stereocenters. The average molecular weight is 273 g/mol. The lowest BCUT2D eigenvalue weighted by atomic mass is 10.2. The summed E-state index contributed by atoms with van der Waals surface area (Å²) < 4.78 is 5.78. The SMILES string of the molecule is CCCNCc1nnc(-c2cc3ccccc3o2)s1. The fourth-order valence-corrected chi connectivity index (χ4v) is 2.65. The average Bonchev–Trinajstić information content (AvgIpc) is 3.04. The second-order valence-corrected chi connectivity index (χ2v) is 5.39. The maximum atomic E-state index is 5.78. The van der Waals surface area contributed by atoms with Crippen molar-refractivity contribution in [3.05, 3.63) is 35.3 Å². The summed E-state index contributed by atoms with van der Waals surface area (Å²) in [6.07, 6.45) is 1.12. The van der Waals surface area contributed by atoms with Gasteiger partial charge >= 0.3 is 0 Å². The van der Waals surface area contributed by atoms with Crippen LogP contribution in [0.5, 0.6) is 0 Å². The van der Waals surface area contributed by atoms with Crippen LogP contribution in [0.15, 0.2) is 34.7 Å². The Hall–Kier alpha value is -1.72. The van der Waals surface area contributed by atoms with E-state index in [4.69, 9.17) is 4.42 Å². The lowest BCUT2D eigenvalue weighted by Gasteiger charge is -1.96. The number of furan rings is 1. The van der Waals surface area contributed by atoms with Gasteiger partial charge in [0.05, 0.1) is 0 Å². The molecule has 0 aliphatic rings. The van der Waals surface area contributed by atoms with Crippen molar-refractivity contribution in [1.82, 2.24) is 15.5 Å². The second-order valence-electron chi connectivity index (χ2n) is 4.33. The van der Waals surface area contributed by atoms with Gasteiger partial charge in [-0.1, -0.05) is 36.5 Å². The van der Waals surface area contributed by atoms with Gasteiger partial charge in [-0.3, -0.25) is 0 Å². The van der Waals surface area contributed by atoms with Gasteiger partial charge < -0.3 is 9.73 Å². The minimum Gasteiger partial charge on any atom is -0.453 e. The molecule has 0 aliphatic heterocycles. The Kier molecular flexibility index (Phi) is 3.57. The van der Waals surface area contributed by atoms with Gasteiger partial charge in [-0.05, 0) is 25.1 Å². The molecule has 0 saturated carbocycles. The number of benzene rings is 1. The van der Waals surface area contributed by atoms with E-state index in [0.717, 1.165) is 46.3 Å². The molecule has 2 heterocycles. The fourth-order valence-electron chi connectivity index (χ4n) is 1.88. The van der Waals surface area contributed by atoms with Gasteiger partial charge in [0.25, 0.3) is 0 Å². The van der Waals surface area contributed by atoms with Crippen LogP contribution in [-0.4, -0.2) is 16.7 Å². The third-order valence-electron chi connectivity index (χ3n) is 2.81. The van der Waals surface area contributed by atoms with Crippen LogP contribution in [0, 0.1) is 0 Å². The summed E-state index contributed by atoms with van der Waals surface area (Å²) in [5.74, 6) is 0.792. The molecule has 5 heteroatoms. The maximum Gasteiger partial charge on any atom is 0.183 e. The molecule has 19 heavy (non-hydrogen) atoms. The number of nitrogens with one attached hydrogen (secondary N) is 1. The van der Waals surface area contributed by atoms with E-state index in [1.54, 1.807) is 11.3 Å². The minimum absolute atomic E-state index is 0.770. The van der Waals surface area contributed by atoms with Crippen LogP contribution in [0.25, 0.3) is 21.7 Å². The lowest BCUT2D eigenvalue weighted by Crippen LogP contribution is -2.13. The molecule has 0 fully saturated rings. The molecular formula is C14H15N3OS. The van der Waals surface area contributed by atoms with Crippen LogP contribution in [0.3, 0.4) is 0 Å². The molecule has 0 radical (unpaired) electrons. The molecule has 0 amide bonds. The number of hydrogen-bond donors (Lipinski definition) is 1. The Balaban J connectivity index is 1.81. The largest absolute Gasteiger partial charge is 0.453 e. The molecule has 0 atom stereocenters. The highest BCUT2D eigenvalue weighted by Crippen LogP contribution is 2.29. The smallest absolute Gasteiger partial charge is 0.183 e. The Morgan fingerprint density at radius 1 is 1.26 bits per heavy atom. The Morgan fingerprint density at radius 2 is 2.16 bits per heavy atom. The summed E-state index contributed by atoms with van der Waals surface area (Å²) in [5.41, 5.74) is 0.887. The first-order valence-corrected chi connectivity index (χ1v) is 7.20. The molecule has 4 nitrogen and oxygen atoms in total. The molecule has 0 saturated heterocycles. The molecule has 1 aromatic carbocycles. The van der Waals surface area contributed by atoms with Gasteiger partial charge in [-0.25, -0.2) is 0 Å². The van der Waals surface area contributed by atoms with Crippen LogP contribution in [-0.2, 0) is 6.54 Å². The standard InChI is InChI=1S/C14H15N3OS/c1-2-7-15-9-13-16-17-14(19-13)12-8-10-5-3-4-6-11(10)18-12/h3-6,8,15H,2,7,9H2,1H3. The lowest BCUT2D eigenvalue weighted by molar-refractivity contribution is 0.629. The highest BCUT2D eigenvalue weighted by Gasteiger charge is 2.11. The van der Waals surface area contributed by atoms with Gasteiger partial charge in [0.15, 0.2) is 10.8 Å². The first-order chi connectivity index (χ1) is 9.36. The van der Waals surface area contributed by atoms with E-state index in [1.807, 2.05) is 30.3 Å². The van der Waals surface area contributed by atoms with E-state index in [0.29, 0.717) is 0 Å². The van der Waals surface area contributed by atoms with Crippen molar-refractivity contribution in [2.45, 2.75) is 19.9 Å². The summed E-state index contributed by atoms with van der Waals surface area (Å²) in [5, 5.41) is 14.6. The molecule has 0 spiro atoms. The van der Waals surface area contributed by atoms with E-state index in [-0.39, 0.29) is 0 Å². The van der Waals surface area contributed by atoms with Crippen LogP contribution < -0.4 is 5.32 Å². The van der Waals surface area contributed by atoms with Gasteiger partial charge in [0, 0.05) is 11.9 Å². The Morgan fingerprint density at radius 3 is 3.00 bits per heavy atom. The normalized spacial score (nSPS) is 11.2. The van der Waals surface area contributed by atoms with E-state index in [9.17, 15) is 0 Å². The van der Waals surface area contributed by atoms with E-state index >= 15 is 0 Å². The highest BCUT2D eigenvalue weighted by atomic mass is 32.1. The summed E-state index contributed by atoms with van der Waals surface area (Å²) in [6, 6.07) is 9.98. The van der Waals surface area contributed by atoms with Crippen molar-refractivity contribution < 1.29 is 4.42 Å². The van der Waals surface area contributed by atoms with Gasteiger partial charge in [-0.2, -0.15) is 0 Å². The monoisotopic (exact) mass is 273 g/mol. The molecule has 98 valence electrons. The van der Waals surface area contributed by atoms with Crippen LogP contribution in [0.1, 0.15) is 18.4 Å². The van der Waals surface area contributed by atoms with E-state index in [1.165, 1.54) is 0 Å². The Bertz CT molecular complexity index is 641. The summed E-state index contributed by atoms with van der Waals surface area (Å²) >= 11 is 1.57. The summed E-state index contributed by atoms with van der Waals surface area (Å²) in [6.45, 7) is 3.91. The second kappa shape index (κ2) is 5.50. The number of fused-ring (bicyclic) bond motifs is 1. The van der Waals surface area contributed by atoms with Crippen molar-refractivity contribution in [3.8, 4) is 10.8 Å². The van der Waals surface area contributed by atoms with E-state index in [2.05, 4.69) is 22.4 Å². The third kappa shape index (κ3) is 2.67. The molecule has 0 bridgehead atoms. The molecule has 1 N–H and O–H groups in total. The first-order valence-electron chi connectivity index (χ1n) is 6.39. The zero-order chi connectivity index (χ0) is 13.1. The fraction of sp³-hybridized carbons (Fsp3) is 0.286. The van der Waals surface area contributed by atoms with Gasteiger partial charge in [0.1, 0.15) is 10.6 Å². The van der Waals surface area contributed by atoms with Crippen molar-refractivity contribution >= 4 is 22.3 Å². The minimum atomic E-state index is 0.770. The zero-order valence-corrected chi connectivity index (χ0v) is 11.5. The molecule has 3 aromatic rings. The number of aromatic nitrogens is 2. The van der Waals surface area contributed by atoms with Gasteiger partial charge in [0.2, 0.25) is 0 Å². The number of nitrogens with zero attached hydrogens (tertiary/aromatic N) is 2. The quantitative estimate of drug-likeness (QED) is 0.723. The summed E-state index contributed by atoms with van der Waals surface area (Å²) in [7, 11) is 0. The molecule has 2 aromatic heterocycles. The van der Waals surface area contributed by atoms with Crippen molar-refractivity contribution in [2.75, 3.05) is 6.54 Å². The highest BCUT2D eigenvalue weighted by molar-refractivity contribution is 7.14. The van der Waals surface area contributed by atoms with Crippen molar-refractivity contribution in [1.29, 1.82) is 0 Å². The maximum absolute atomic E-state index is 5.78. The predicted octanol–water partition coefficient (Wildman–Crippen LogP) is 3.45. The third-order valence-corrected chi connectivity index (χ3v) is 3.74.